The lowest BCUT2D eigenvalue weighted by Gasteiger charge is -2.46. The number of nitrogens with zero attached hydrogens (tertiary/aromatic N) is 15. The van der Waals surface area contributed by atoms with Gasteiger partial charge in [0.1, 0.15) is 87.2 Å². The maximum absolute atomic E-state index is 16.9. The molecule has 3 aliphatic rings. The molecule has 3 N–H and O–H groups in total. The van der Waals surface area contributed by atoms with Crippen LogP contribution in [0.2, 0.25) is 0 Å². The predicted molar refractivity (Wildman–Crippen MR) is 357 cm³/mol. The number of ether oxygens (including phenoxy) is 3. The Hall–Kier alpha value is -10.9. The highest BCUT2D eigenvalue weighted by atomic mass is 31.2. The summed E-state index contributed by atoms with van der Waals surface area (Å²) in [4.78, 5) is 26.6. The van der Waals surface area contributed by atoms with Crippen molar-refractivity contribution in [2.24, 2.45) is 0 Å². The van der Waals surface area contributed by atoms with Crippen molar-refractivity contribution in [2.45, 2.75) is 75.0 Å². The highest BCUT2D eigenvalue weighted by molar-refractivity contribution is 7.48. The Morgan fingerprint density at radius 1 is 0.394 bits per heavy atom. The van der Waals surface area contributed by atoms with E-state index in [1.165, 1.54) is 51.0 Å². The van der Waals surface area contributed by atoms with Crippen LogP contribution in [0.1, 0.15) is 55.2 Å². The van der Waals surface area contributed by atoms with Crippen LogP contribution >= 0.6 is 7.82 Å². The van der Waals surface area contributed by atoms with Crippen LogP contribution in [0.15, 0.2) is 160 Å². The third-order valence-electron chi connectivity index (χ3n) is 18.1. The summed E-state index contributed by atoms with van der Waals surface area (Å²) in [6.07, 6.45) is 7.10. The number of anilines is 3. The predicted octanol–water partition coefficient (Wildman–Crippen LogP) is 12.0. The minimum Gasteiger partial charge on any atom is -0.381 e. The number of nitrogens with one attached hydrogen (secondary N) is 3. The van der Waals surface area contributed by atoms with E-state index in [0.717, 1.165) is 18.6 Å². The SMILES string of the molecule is O=P(OC1(CNc2nc(-c3cc(-c4ccon4)n(Cc4ccccc4F)n3)ncc2F)CCOCC1)(OC1(CNc2nc(-c3cc(-c4ccon4)n(Cc4ccccc4F)n3)ncc2F)CCOCC1)OC1(CNc2nc(-c3cc(-c4ccon4)n(Cc4ccccc4F)n3)ncc2F)CCOCC1. The molecule has 536 valence electrons. The minimum absolute atomic E-state index is 0.0210. The molecule has 9 aromatic heterocycles. The van der Waals surface area contributed by atoms with E-state index in [4.69, 9.17) is 56.6 Å². The third-order valence-corrected chi connectivity index (χ3v) is 19.9. The highest BCUT2D eigenvalue weighted by Gasteiger charge is 2.53. The highest BCUT2D eigenvalue weighted by Crippen LogP contribution is 2.62. The molecule has 12 aromatic rings. The van der Waals surface area contributed by atoms with Gasteiger partial charge in [0.05, 0.1) is 55.3 Å². The topological polar surface area (TPSA) is 317 Å². The fourth-order valence-electron chi connectivity index (χ4n) is 12.4. The van der Waals surface area contributed by atoms with Gasteiger partial charge in [0.15, 0.2) is 52.4 Å². The van der Waals surface area contributed by atoms with Crippen LogP contribution < -0.4 is 16.0 Å². The summed E-state index contributed by atoms with van der Waals surface area (Å²) < 4.78 is 170. The van der Waals surface area contributed by atoms with Crippen LogP contribution in [0.3, 0.4) is 0 Å². The lowest BCUT2D eigenvalue weighted by Crippen LogP contribution is -2.50. The van der Waals surface area contributed by atoms with Gasteiger partial charge in [0, 0.05) is 133 Å². The van der Waals surface area contributed by atoms with Crippen molar-refractivity contribution >= 4 is 25.3 Å². The summed E-state index contributed by atoms with van der Waals surface area (Å²) in [6, 6.07) is 28.2. The maximum atomic E-state index is 16.9. The summed E-state index contributed by atoms with van der Waals surface area (Å²) in [6.45, 7) is -0.673. The summed E-state index contributed by atoms with van der Waals surface area (Å²) in [5.74, 6) is -5.09. The van der Waals surface area contributed by atoms with Gasteiger partial charge in [-0.3, -0.25) is 27.6 Å². The van der Waals surface area contributed by atoms with Crippen molar-refractivity contribution in [3.8, 4) is 68.7 Å². The first-order valence-corrected chi connectivity index (χ1v) is 34.5. The Labute approximate surface area is 587 Å². The number of rotatable bonds is 27. The standard InChI is InChI=1S/C69H63F6N18O10P/c70-46-10-4-1-7-43(46)37-91-58(52-13-22-98-88-52)31-55(85-91)64-76-34-49(73)61(82-64)79-40-67(16-25-95-26-17-67)101-104(94,102-68(18-27-96-28-19-68)41-80-62-50(74)35-77-65(83-62)56-32-59(53-14-23-99-89-53)92(86-56)38-44-8-2-5-11-47(44)71)103-69(20-29-97-30-21-69)42-81-63-51(75)36-78-66(84-63)57-33-60(54-15-24-100-90-54)93(87-57)39-45-9-3-6-12-48(45)72/h1-15,22-24,31-36H,16-21,25-30,37-42H2,(H,76,79,82)(H,77,80,83)(H,78,81,84). The fraction of sp³-hybridized carbons (Fsp3) is 0.304. The zero-order valence-electron chi connectivity index (χ0n) is 55.1. The van der Waals surface area contributed by atoms with Crippen LogP contribution in [-0.2, 0) is 52.0 Å². The molecule has 0 amide bonds. The van der Waals surface area contributed by atoms with Gasteiger partial charge in [0.2, 0.25) is 0 Å². The van der Waals surface area contributed by atoms with Gasteiger partial charge in [0.25, 0.3) is 0 Å². The van der Waals surface area contributed by atoms with Crippen LogP contribution in [-0.4, -0.2) is 151 Å². The van der Waals surface area contributed by atoms with Gasteiger partial charge >= 0.3 is 7.82 Å². The number of benzene rings is 3. The Bertz CT molecular complexity index is 4520. The Balaban J connectivity index is 0.755. The monoisotopic (exact) mass is 1450 g/mol. The largest absolute Gasteiger partial charge is 0.476 e. The van der Waals surface area contributed by atoms with Crippen molar-refractivity contribution in [2.75, 3.05) is 75.2 Å². The van der Waals surface area contributed by atoms with Gasteiger partial charge in [-0.1, -0.05) is 70.1 Å². The molecule has 15 rings (SSSR count). The second kappa shape index (κ2) is 29.8. The molecule has 12 heterocycles. The molecule has 0 saturated carbocycles. The molecule has 0 radical (unpaired) electrons. The molecule has 3 aromatic carbocycles. The van der Waals surface area contributed by atoms with E-state index >= 15 is 30.9 Å². The molecule has 0 unspecified atom stereocenters. The average molecular weight is 1450 g/mol. The van der Waals surface area contributed by atoms with Crippen molar-refractivity contribution < 1.29 is 72.3 Å². The number of hydrogen-bond acceptors (Lipinski definition) is 25. The van der Waals surface area contributed by atoms with E-state index < -0.39 is 59.5 Å². The van der Waals surface area contributed by atoms with Gasteiger partial charge in [-0.05, 0) is 36.4 Å². The van der Waals surface area contributed by atoms with Gasteiger partial charge in [-0.15, -0.1) is 0 Å². The Morgan fingerprint density at radius 3 is 0.952 bits per heavy atom. The summed E-state index contributed by atoms with van der Waals surface area (Å²) >= 11 is 0. The summed E-state index contributed by atoms with van der Waals surface area (Å²) in [7, 11) is -5.20. The molecule has 0 atom stereocenters. The van der Waals surface area contributed by atoms with Gasteiger partial charge < -0.3 is 43.7 Å². The van der Waals surface area contributed by atoms with Gasteiger partial charge in [-0.2, -0.15) is 15.3 Å². The first-order chi connectivity index (χ1) is 50.6. The fourth-order valence-corrected chi connectivity index (χ4v) is 14.7. The van der Waals surface area contributed by atoms with Crippen molar-refractivity contribution in [3.05, 3.63) is 198 Å². The molecule has 0 spiro atoms. The molecule has 3 aliphatic heterocycles. The van der Waals surface area contributed by atoms with Crippen LogP contribution in [0.25, 0.3) is 68.7 Å². The Kier molecular flexibility index (Phi) is 19.8. The van der Waals surface area contributed by atoms with Crippen molar-refractivity contribution in [1.29, 1.82) is 0 Å². The molecular formula is C69H63F6N18O10P. The van der Waals surface area contributed by atoms with E-state index in [0.29, 0.717) is 50.9 Å². The molecule has 3 saturated heterocycles. The van der Waals surface area contributed by atoms with Crippen LogP contribution in [0.5, 0.6) is 0 Å². The van der Waals surface area contributed by atoms with E-state index in [-0.39, 0.29) is 169 Å². The summed E-state index contributed by atoms with van der Waals surface area (Å²) in [5.41, 5.74) is -0.946. The van der Waals surface area contributed by atoms with E-state index in [1.54, 1.807) is 91.0 Å². The molecule has 28 nitrogen and oxygen atoms in total. The second-order valence-electron chi connectivity index (χ2n) is 25.0. The first kappa shape index (κ1) is 68.9. The van der Waals surface area contributed by atoms with Crippen LogP contribution in [0.4, 0.5) is 43.8 Å². The maximum Gasteiger partial charge on any atom is 0.476 e. The van der Waals surface area contributed by atoms with E-state index in [1.807, 2.05) is 0 Å². The lowest BCUT2D eigenvalue weighted by molar-refractivity contribution is -0.120. The quantitative estimate of drug-likeness (QED) is 0.0318. The zero-order valence-corrected chi connectivity index (χ0v) is 56.0. The second-order valence-corrected chi connectivity index (χ2v) is 26.4. The molecular weight excluding hydrogens is 1390 g/mol. The summed E-state index contributed by atoms with van der Waals surface area (Å²) in [5, 5.41) is 35.6. The minimum atomic E-state index is -5.20. The third kappa shape index (κ3) is 15.3. The van der Waals surface area contributed by atoms with Crippen molar-refractivity contribution in [1.82, 2.24) is 74.7 Å². The number of halogens is 6. The number of hydrogen-bond donors (Lipinski definition) is 3. The van der Waals surface area contributed by atoms with Crippen LogP contribution in [0, 0.1) is 34.9 Å². The van der Waals surface area contributed by atoms with Gasteiger partial charge in [-0.25, -0.2) is 60.8 Å². The lowest BCUT2D eigenvalue weighted by atomic mass is 9.94. The molecule has 104 heavy (non-hydrogen) atoms. The number of phosphoric ester groups is 1. The number of aromatic nitrogens is 15. The zero-order chi connectivity index (χ0) is 71.3. The Morgan fingerprint density at radius 2 is 0.683 bits per heavy atom. The molecule has 35 heteroatoms. The van der Waals surface area contributed by atoms with Crippen molar-refractivity contribution in [3.63, 3.8) is 0 Å². The smallest absolute Gasteiger partial charge is 0.381 e. The average Bonchev–Trinajstić information content (AvgIpc) is 1.37. The molecule has 0 bridgehead atoms. The first-order valence-electron chi connectivity index (χ1n) is 33.1. The van der Waals surface area contributed by atoms with E-state index in [9.17, 15) is 0 Å². The molecule has 3 fully saturated rings. The van der Waals surface area contributed by atoms with E-state index in [2.05, 4.69) is 61.3 Å². The normalized spacial score (nSPS) is 15.8. The molecule has 0 aliphatic carbocycles. The number of phosphoric acid groups is 1.